The van der Waals surface area contributed by atoms with Crippen LogP contribution in [0.5, 0.6) is 0 Å². The third kappa shape index (κ3) is 4.32. The molecule has 1 nitrogen and oxygen atoms in total. The van der Waals surface area contributed by atoms with Crippen molar-refractivity contribution in [3.63, 3.8) is 0 Å². The summed E-state index contributed by atoms with van der Waals surface area (Å²) in [6, 6.07) is 62.5. The summed E-state index contributed by atoms with van der Waals surface area (Å²) in [6.07, 6.45) is 0. The summed E-state index contributed by atoms with van der Waals surface area (Å²) in [6.45, 7) is 14.4. The minimum Gasteiger partial charge on any atom is -0.310 e. The van der Waals surface area contributed by atoms with Crippen molar-refractivity contribution in [3.8, 4) is 33.4 Å². The van der Waals surface area contributed by atoms with Gasteiger partial charge in [0, 0.05) is 21.9 Å². The lowest BCUT2D eigenvalue weighted by Crippen LogP contribution is -2.31. The third-order valence-electron chi connectivity index (χ3n) is 14.4. The standard InChI is InChI=1S/C57H45N/c1-55(2)47-21-13-11-19-41(47)43-26-23-34(29-49(43)55)35-24-28-53-51(30-35)57(5,6)52-32-45-39-17-9-7-15-37(39)38-16-8-10-18-40(38)46(45)33-54(52)58(53)36-25-27-44-42-20-12-14-22-48(42)56(3,4)50(44)31-36/h7-33H,1-6H3. The van der Waals surface area contributed by atoms with Gasteiger partial charge in [0.15, 0.2) is 0 Å². The highest BCUT2D eigenvalue weighted by atomic mass is 15.2. The molecule has 58 heavy (non-hydrogen) atoms. The van der Waals surface area contributed by atoms with Crippen LogP contribution in [0.25, 0.3) is 65.7 Å². The maximum Gasteiger partial charge on any atom is 0.0509 e. The zero-order chi connectivity index (χ0) is 39.3. The predicted molar refractivity (Wildman–Crippen MR) is 246 cm³/mol. The number of anilines is 3. The molecule has 0 amide bonds. The Balaban J connectivity index is 1.11. The first-order valence-electron chi connectivity index (χ1n) is 20.8. The van der Waals surface area contributed by atoms with Crippen LogP contribution in [0, 0.1) is 0 Å². The SMILES string of the molecule is CC1(C)c2ccccc2-c2ccc(-c3ccc4c(c3)C(C)(C)c3cc5c6ccccc6c6ccccc6c5cc3N4c3ccc4c(c3)C(C)(C)c3ccccc3-4)cc21. The first-order valence-corrected chi connectivity index (χ1v) is 20.8. The quantitative estimate of drug-likeness (QED) is 0.159. The van der Waals surface area contributed by atoms with E-state index in [1.165, 1.54) is 116 Å². The van der Waals surface area contributed by atoms with E-state index in [0.29, 0.717) is 0 Å². The molecule has 1 heterocycles. The molecule has 1 heteroatoms. The monoisotopic (exact) mass is 743 g/mol. The van der Waals surface area contributed by atoms with E-state index in [1.54, 1.807) is 0 Å². The van der Waals surface area contributed by atoms with E-state index in [1.807, 2.05) is 0 Å². The molecule has 0 unspecified atom stereocenters. The van der Waals surface area contributed by atoms with Gasteiger partial charge in [0.2, 0.25) is 0 Å². The first-order chi connectivity index (χ1) is 28.0. The lowest BCUT2D eigenvalue weighted by molar-refractivity contribution is 0.633. The molecule has 9 aromatic rings. The van der Waals surface area contributed by atoms with Gasteiger partial charge in [-0.05, 0) is 142 Å². The summed E-state index contributed by atoms with van der Waals surface area (Å²) >= 11 is 0. The molecule has 2 aliphatic carbocycles. The molecule has 278 valence electrons. The van der Waals surface area contributed by atoms with Gasteiger partial charge < -0.3 is 4.90 Å². The number of hydrogen-bond acceptors (Lipinski definition) is 1. The van der Waals surface area contributed by atoms with Gasteiger partial charge in [0.05, 0.1) is 11.4 Å². The third-order valence-corrected chi connectivity index (χ3v) is 14.4. The Kier molecular flexibility index (Phi) is 6.60. The number of rotatable bonds is 2. The molecule has 0 aromatic heterocycles. The van der Waals surface area contributed by atoms with Crippen molar-refractivity contribution in [2.75, 3.05) is 4.90 Å². The van der Waals surface area contributed by atoms with E-state index in [-0.39, 0.29) is 16.2 Å². The maximum atomic E-state index is 2.57. The van der Waals surface area contributed by atoms with Crippen LogP contribution >= 0.6 is 0 Å². The minimum atomic E-state index is -0.281. The van der Waals surface area contributed by atoms with Crippen LogP contribution in [-0.2, 0) is 16.2 Å². The van der Waals surface area contributed by atoms with Crippen LogP contribution in [0.3, 0.4) is 0 Å². The molecule has 0 N–H and O–H groups in total. The molecule has 1 aliphatic heterocycles. The Labute approximate surface area is 341 Å². The highest BCUT2D eigenvalue weighted by Crippen LogP contribution is 2.57. The van der Waals surface area contributed by atoms with Crippen LogP contribution < -0.4 is 4.90 Å². The largest absolute Gasteiger partial charge is 0.310 e. The van der Waals surface area contributed by atoms with E-state index >= 15 is 0 Å². The molecule has 3 aliphatic rings. The molecule has 12 rings (SSSR count). The lowest BCUT2D eigenvalue weighted by atomic mass is 9.71. The fourth-order valence-electron chi connectivity index (χ4n) is 11.3. The van der Waals surface area contributed by atoms with Crippen molar-refractivity contribution in [2.24, 2.45) is 0 Å². The van der Waals surface area contributed by atoms with Gasteiger partial charge in [-0.15, -0.1) is 0 Å². The van der Waals surface area contributed by atoms with Crippen molar-refractivity contribution in [2.45, 2.75) is 57.8 Å². The van der Waals surface area contributed by atoms with Gasteiger partial charge >= 0.3 is 0 Å². The Hall–Kier alpha value is -6.44. The summed E-state index contributed by atoms with van der Waals surface area (Å²) in [5, 5.41) is 7.82. The molecule has 0 saturated carbocycles. The maximum absolute atomic E-state index is 2.57. The second kappa shape index (κ2) is 11.4. The summed E-state index contributed by atoms with van der Waals surface area (Å²) in [7, 11) is 0. The fourth-order valence-corrected chi connectivity index (χ4v) is 11.3. The molecule has 0 saturated heterocycles. The molecule has 0 fully saturated rings. The van der Waals surface area contributed by atoms with Gasteiger partial charge in [0.25, 0.3) is 0 Å². The minimum absolute atomic E-state index is 0.0554. The van der Waals surface area contributed by atoms with Crippen molar-refractivity contribution >= 4 is 49.4 Å². The Morgan fingerprint density at radius 3 is 1.31 bits per heavy atom. The average Bonchev–Trinajstić information content (AvgIpc) is 3.62. The van der Waals surface area contributed by atoms with Gasteiger partial charge in [0.1, 0.15) is 0 Å². The average molecular weight is 744 g/mol. The van der Waals surface area contributed by atoms with Crippen LogP contribution in [-0.4, -0.2) is 0 Å². The van der Waals surface area contributed by atoms with Crippen molar-refractivity contribution in [1.82, 2.24) is 0 Å². The molecule has 0 spiro atoms. The first kappa shape index (κ1) is 33.7. The van der Waals surface area contributed by atoms with Crippen LogP contribution in [0.1, 0.15) is 74.9 Å². The Morgan fingerprint density at radius 1 is 0.293 bits per heavy atom. The van der Waals surface area contributed by atoms with Gasteiger partial charge in [-0.2, -0.15) is 0 Å². The predicted octanol–water partition coefficient (Wildman–Crippen LogP) is 15.5. The fraction of sp³-hybridized carbons (Fsp3) is 0.158. The highest BCUT2D eigenvalue weighted by molar-refractivity contribution is 6.26. The van der Waals surface area contributed by atoms with E-state index < -0.39 is 0 Å². The summed E-state index contributed by atoms with van der Waals surface area (Å²) in [4.78, 5) is 2.57. The van der Waals surface area contributed by atoms with Crippen molar-refractivity contribution in [1.29, 1.82) is 0 Å². The van der Waals surface area contributed by atoms with Gasteiger partial charge in [-0.1, -0.05) is 163 Å². The van der Waals surface area contributed by atoms with Gasteiger partial charge in [-0.25, -0.2) is 0 Å². The summed E-state index contributed by atoms with van der Waals surface area (Å²) in [5.41, 5.74) is 19.5. The summed E-state index contributed by atoms with van der Waals surface area (Å²) in [5.74, 6) is 0. The van der Waals surface area contributed by atoms with E-state index in [9.17, 15) is 0 Å². The van der Waals surface area contributed by atoms with Gasteiger partial charge in [-0.3, -0.25) is 0 Å². The van der Waals surface area contributed by atoms with E-state index in [0.717, 1.165) is 0 Å². The van der Waals surface area contributed by atoms with Crippen molar-refractivity contribution in [3.05, 3.63) is 197 Å². The Bertz CT molecular complexity index is 3260. The van der Waals surface area contributed by atoms with Crippen LogP contribution in [0.2, 0.25) is 0 Å². The van der Waals surface area contributed by atoms with E-state index in [2.05, 4.69) is 210 Å². The van der Waals surface area contributed by atoms with E-state index in [4.69, 9.17) is 0 Å². The molecule has 0 radical (unpaired) electrons. The number of nitrogens with zero attached hydrogens (tertiary/aromatic N) is 1. The smallest absolute Gasteiger partial charge is 0.0509 e. The number of benzene rings is 9. The lowest BCUT2D eigenvalue weighted by Gasteiger charge is -2.43. The molecule has 9 aromatic carbocycles. The molecular formula is C57H45N. The van der Waals surface area contributed by atoms with Crippen LogP contribution in [0.15, 0.2) is 164 Å². The van der Waals surface area contributed by atoms with Crippen LogP contribution in [0.4, 0.5) is 17.1 Å². The molecular weight excluding hydrogens is 699 g/mol. The topological polar surface area (TPSA) is 3.24 Å². The Morgan fingerprint density at radius 2 is 0.707 bits per heavy atom. The second-order valence-electron chi connectivity index (χ2n) is 18.5. The highest BCUT2D eigenvalue weighted by Gasteiger charge is 2.41. The molecule has 0 bridgehead atoms. The number of fused-ring (bicyclic) bond motifs is 14. The zero-order valence-electron chi connectivity index (χ0n) is 34.0. The summed E-state index contributed by atoms with van der Waals surface area (Å²) < 4.78 is 0. The van der Waals surface area contributed by atoms with Crippen molar-refractivity contribution < 1.29 is 0 Å². The second-order valence-corrected chi connectivity index (χ2v) is 18.5. The molecule has 0 atom stereocenters. The zero-order valence-corrected chi connectivity index (χ0v) is 34.0. The number of hydrogen-bond donors (Lipinski definition) is 0. The normalized spacial score (nSPS) is 16.1.